The Morgan fingerprint density at radius 3 is 3.05 bits per heavy atom. The van der Waals surface area contributed by atoms with Crippen molar-refractivity contribution in [2.24, 2.45) is 0 Å². The van der Waals surface area contributed by atoms with E-state index >= 15 is 0 Å². The van der Waals surface area contributed by atoms with Gasteiger partial charge in [0, 0.05) is 12.7 Å². The van der Waals surface area contributed by atoms with Gasteiger partial charge in [-0.3, -0.25) is 0 Å². The Morgan fingerprint density at radius 2 is 2.19 bits per heavy atom. The molecule has 3 aromatic heterocycles. The molecule has 0 aliphatic carbocycles. The lowest BCUT2D eigenvalue weighted by Gasteiger charge is -2.05. The summed E-state index contributed by atoms with van der Waals surface area (Å²) in [6.07, 6.45) is 3.05. The molecule has 0 fully saturated rings. The van der Waals surface area contributed by atoms with Gasteiger partial charge in [-0.05, 0) is 18.7 Å². The predicted octanol–water partition coefficient (Wildman–Crippen LogP) is 2.48. The van der Waals surface area contributed by atoms with Gasteiger partial charge in [0.05, 0.1) is 6.33 Å². The summed E-state index contributed by atoms with van der Waals surface area (Å²) in [4.78, 5) is 24.0. The highest BCUT2D eigenvalue weighted by Crippen LogP contribution is 2.29. The van der Waals surface area contributed by atoms with E-state index in [9.17, 15) is 0 Å². The third-order valence-corrected chi connectivity index (χ3v) is 3.66. The monoisotopic (exact) mass is 322 g/mol. The smallest absolute Gasteiger partial charge is 0.181 e. The standard InChI is InChI=1S/C12H11ClN6OS/c1-2-20-4-8-18-7(13)3-9(19-8)21-12-10-11(15-5-14-10)16-6-17-12/h3,5-6H,2,4H2,1H3,(H,14,15,16,17). The SMILES string of the molecule is CCOCc1nc(Cl)cc(Sc2ncnc3nc[nH]c23)n1. The summed E-state index contributed by atoms with van der Waals surface area (Å²) in [6.45, 7) is 2.84. The lowest BCUT2D eigenvalue weighted by molar-refractivity contribution is 0.128. The number of nitrogens with one attached hydrogen (secondary N) is 1. The van der Waals surface area contributed by atoms with E-state index in [4.69, 9.17) is 16.3 Å². The molecular formula is C12H11ClN6OS. The van der Waals surface area contributed by atoms with Gasteiger partial charge in [-0.15, -0.1) is 0 Å². The molecule has 0 aromatic carbocycles. The van der Waals surface area contributed by atoms with Crippen molar-refractivity contribution in [2.75, 3.05) is 6.61 Å². The molecule has 1 N–H and O–H groups in total. The lowest BCUT2D eigenvalue weighted by Crippen LogP contribution is -2.00. The first-order valence-electron chi connectivity index (χ1n) is 6.19. The molecule has 7 nitrogen and oxygen atoms in total. The molecule has 0 amide bonds. The van der Waals surface area contributed by atoms with Crippen LogP contribution in [-0.2, 0) is 11.3 Å². The van der Waals surface area contributed by atoms with E-state index in [1.807, 2.05) is 6.92 Å². The predicted molar refractivity (Wildman–Crippen MR) is 78.2 cm³/mol. The third-order valence-electron chi connectivity index (χ3n) is 2.54. The van der Waals surface area contributed by atoms with Crippen LogP contribution in [0.2, 0.25) is 5.15 Å². The van der Waals surface area contributed by atoms with E-state index in [1.165, 1.54) is 18.1 Å². The molecule has 0 saturated carbocycles. The Morgan fingerprint density at radius 1 is 1.29 bits per heavy atom. The highest BCUT2D eigenvalue weighted by atomic mass is 35.5. The van der Waals surface area contributed by atoms with Gasteiger partial charge in [-0.25, -0.2) is 24.9 Å². The highest BCUT2D eigenvalue weighted by molar-refractivity contribution is 7.99. The molecule has 0 unspecified atom stereocenters. The maximum absolute atomic E-state index is 6.02. The van der Waals surface area contributed by atoms with Crippen molar-refractivity contribution in [1.82, 2.24) is 29.9 Å². The Bertz CT molecular complexity index is 764. The highest BCUT2D eigenvalue weighted by Gasteiger charge is 2.10. The second kappa shape index (κ2) is 6.33. The minimum atomic E-state index is 0.327. The Labute approximate surface area is 129 Å². The van der Waals surface area contributed by atoms with Crippen LogP contribution >= 0.6 is 23.4 Å². The van der Waals surface area contributed by atoms with Crippen molar-refractivity contribution in [1.29, 1.82) is 0 Å². The molecule has 0 saturated heterocycles. The summed E-state index contributed by atoms with van der Waals surface area (Å²) in [5, 5.41) is 1.80. The molecule has 9 heteroatoms. The molecule has 3 aromatic rings. The molecule has 21 heavy (non-hydrogen) atoms. The number of hydrogen-bond acceptors (Lipinski definition) is 7. The normalized spacial score (nSPS) is 11.1. The van der Waals surface area contributed by atoms with Gasteiger partial charge in [0.15, 0.2) is 11.5 Å². The minimum absolute atomic E-state index is 0.327. The Hall–Kier alpha value is -1.77. The maximum Gasteiger partial charge on any atom is 0.181 e. The van der Waals surface area contributed by atoms with Gasteiger partial charge in [-0.1, -0.05) is 11.6 Å². The number of imidazole rings is 1. The van der Waals surface area contributed by atoms with Gasteiger partial charge >= 0.3 is 0 Å². The number of H-pyrrole nitrogens is 1. The van der Waals surface area contributed by atoms with Crippen LogP contribution in [0.25, 0.3) is 11.2 Å². The van der Waals surface area contributed by atoms with Crippen molar-refractivity contribution in [2.45, 2.75) is 23.6 Å². The molecule has 0 spiro atoms. The van der Waals surface area contributed by atoms with E-state index in [2.05, 4.69) is 29.9 Å². The average molecular weight is 323 g/mol. The first-order valence-corrected chi connectivity index (χ1v) is 7.39. The fourth-order valence-electron chi connectivity index (χ4n) is 1.67. The van der Waals surface area contributed by atoms with Crippen LogP contribution in [0.15, 0.2) is 28.8 Å². The number of halogens is 1. The molecule has 0 aliphatic rings. The van der Waals surface area contributed by atoms with Gasteiger partial charge < -0.3 is 9.72 Å². The van der Waals surface area contributed by atoms with Crippen molar-refractivity contribution in [3.05, 3.63) is 29.7 Å². The average Bonchev–Trinajstić information content (AvgIpc) is 2.94. The first kappa shape index (κ1) is 14.2. The number of rotatable bonds is 5. The second-order valence-corrected chi connectivity index (χ2v) is 5.36. The third kappa shape index (κ3) is 3.29. The van der Waals surface area contributed by atoms with Crippen LogP contribution in [0.4, 0.5) is 0 Å². The van der Waals surface area contributed by atoms with Crippen LogP contribution in [0, 0.1) is 0 Å². The Kier molecular flexibility index (Phi) is 4.28. The topological polar surface area (TPSA) is 89.5 Å². The van der Waals surface area contributed by atoms with E-state index in [0.29, 0.717) is 34.9 Å². The molecule has 0 bridgehead atoms. The van der Waals surface area contributed by atoms with E-state index in [-0.39, 0.29) is 0 Å². The number of hydrogen-bond donors (Lipinski definition) is 1. The molecule has 108 valence electrons. The van der Waals surface area contributed by atoms with Crippen molar-refractivity contribution in [3.8, 4) is 0 Å². The molecule has 3 heterocycles. The largest absolute Gasteiger partial charge is 0.374 e. The Balaban J connectivity index is 1.90. The van der Waals surface area contributed by atoms with Crippen molar-refractivity contribution in [3.63, 3.8) is 0 Å². The van der Waals surface area contributed by atoms with E-state index in [1.54, 1.807) is 12.4 Å². The van der Waals surface area contributed by atoms with Gasteiger partial charge in [0.2, 0.25) is 0 Å². The van der Waals surface area contributed by atoms with E-state index in [0.717, 1.165) is 10.5 Å². The quantitative estimate of drug-likeness (QED) is 0.722. The fraction of sp³-hybridized carbons (Fsp3) is 0.250. The number of aromatic amines is 1. The van der Waals surface area contributed by atoms with Crippen LogP contribution in [0.3, 0.4) is 0 Å². The van der Waals surface area contributed by atoms with Crippen LogP contribution in [0.1, 0.15) is 12.7 Å². The zero-order valence-electron chi connectivity index (χ0n) is 11.1. The van der Waals surface area contributed by atoms with Crippen LogP contribution in [-0.4, -0.2) is 36.5 Å². The molecule has 3 rings (SSSR count). The van der Waals surface area contributed by atoms with Crippen LogP contribution < -0.4 is 0 Å². The first-order chi connectivity index (χ1) is 10.3. The summed E-state index contributed by atoms with van der Waals surface area (Å²) in [5.41, 5.74) is 1.38. The molecular weight excluding hydrogens is 312 g/mol. The number of aromatic nitrogens is 6. The van der Waals surface area contributed by atoms with Gasteiger partial charge in [0.1, 0.15) is 33.7 Å². The van der Waals surface area contributed by atoms with Crippen LogP contribution in [0.5, 0.6) is 0 Å². The van der Waals surface area contributed by atoms with E-state index < -0.39 is 0 Å². The number of fused-ring (bicyclic) bond motifs is 1. The number of ether oxygens (including phenoxy) is 1. The molecule has 0 aliphatic heterocycles. The summed E-state index contributed by atoms with van der Waals surface area (Å²) < 4.78 is 5.30. The fourth-order valence-corrected chi connectivity index (χ4v) is 2.81. The van der Waals surface area contributed by atoms with Gasteiger partial charge in [-0.2, -0.15) is 0 Å². The zero-order valence-corrected chi connectivity index (χ0v) is 12.6. The number of nitrogens with zero attached hydrogens (tertiary/aromatic N) is 5. The zero-order chi connectivity index (χ0) is 14.7. The second-order valence-electron chi connectivity index (χ2n) is 3.96. The lowest BCUT2D eigenvalue weighted by atomic mass is 10.6. The summed E-state index contributed by atoms with van der Waals surface area (Å²) in [7, 11) is 0. The van der Waals surface area contributed by atoms with Gasteiger partial charge in [0.25, 0.3) is 0 Å². The van der Waals surface area contributed by atoms with Crippen molar-refractivity contribution >= 4 is 34.5 Å². The van der Waals surface area contributed by atoms with Crippen molar-refractivity contribution < 1.29 is 4.74 Å². The summed E-state index contributed by atoms with van der Waals surface area (Å²) >= 11 is 7.39. The molecule has 0 radical (unpaired) electrons. The summed E-state index contributed by atoms with van der Waals surface area (Å²) in [5.74, 6) is 0.543. The summed E-state index contributed by atoms with van der Waals surface area (Å²) in [6, 6.07) is 1.69. The maximum atomic E-state index is 6.02. The minimum Gasteiger partial charge on any atom is -0.374 e. The molecule has 0 atom stereocenters.